The second kappa shape index (κ2) is 7.21. The minimum atomic E-state index is 0.127. The van der Waals surface area contributed by atoms with Crippen molar-refractivity contribution in [2.45, 2.75) is 18.9 Å². The van der Waals surface area contributed by atoms with E-state index in [0.29, 0.717) is 5.17 Å². The zero-order valence-corrected chi connectivity index (χ0v) is 13.6. The van der Waals surface area contributed by atoms with E-state index in [0.717, 1.165) is 24.3 Å². The average molecular weight is 323 g/mol. The van der Waals surface area contributed by atoms with Gasteiger partial charge < -0.3 is 4.74 Å². The molecule has 0 bridgehead atoms. The summed E-state index contributed by atoms with van der Waals surface area (Å²) < 4.78 is 6.11. The summed E-state index contributed by atoms with van der Waals surface area (Å²) in [6.07, 6.45) is 5.97. The molecule has 3 rings (SSSR count). The summed E-state index contributed by atoms with van der Waals surface area (Å²) in [6, 6.07) is 16.1. The summed E-state index contributed by atoms with van der Waals surface area (Å²) in [5.41, 5.74) is 3.46. The molecule has 0 fully saturated rings. The summed E-state index contributed by atoms with van der Waals surface area (Å²) in [4.78, 5) is 4.37. The second-order valence-electron chi connectivity index (χ2n) is 5.20. The van der Waals surface area contributed by atoms with Crippen LogP contribution in [0.5, 0.6) is 5.75 Å². The van der Waals surface area contributed by atoms with Crippen LogP contribution in [0.2, 0.25) is 0 Å². The Morgan fingerprint density at radius 3 is 2.78 bits per heavy atom. The van der Waals surface area contributed by atoms with Gasteiger partial charge in [-0.3, -0.25) is 5.32 Å². The highest BCUT2D eigenvalue weighted by Gasteiger charge is 2.23. The van der Waals surface area contributed by atoms with Gasteiger partial charge >= 0.3 is 0 Å². The third-order valence-corrected chi connectivity index (χ3v) is 4.36. The zero-order chi connectivity index (χ0) is 16.1. The molecular weight excluding hydrogens is 306 g/mol. The molecule has 5 heteroatoms. The SMILES string of the molecule is CSC(=Nc1ccc(OC2CCc3ccccc32)cc1)NC#N. The first-order valence-electron chi connectivity index (χ1n) is 7.42. The summed E-state index contributed by atoms with van der Waals surface area (Å²) in [5, 5.41) is 11.8. The van der Waals surface area contributed by atoms with Crippen LogP contribution in [-0.2, 0) is 6.42 Å². The third kappa shape index (κ3) is 3.66. The molecule has 1 N–H and O–H groups in total. The maximum Gasteiger partial charge on any atom is 0.183 e. The predicted octanol–water partition coefficient (Wildman–Crippen LogP) is 4.17. The maximum atomic E-state index is 8.65. The molecule has 1 atom stereocenters. The molecule has 4 nitrogen and oxygen atoms in total. The van der Waals surface area contributed by atoms with Gasteiger partial charge in [0.25, 0.3) is 0 Å². The number of nitriles is 1. The molecular formula is C18H17N3OS. The summed E-state index contributed by atoms with van der Waals surface area (Å²) >= 11 is 1.40. The van der Waals surface area contributed by atoms with Crippen molar-refractivity contribution in [1.29, 1.82) is 5.26 Å². The fourth-order valence-electron chi connectivity index (χ4n) is 2.69. The molecule has 2 aromatic carbocycles. The highest BCUT2D eigenvalue weighted by Crippen LogP contribution is 2.35. The van der Waals surface area contributed by atoms with Crippen LogP contribution >= 0.6 is 11.8 Å². The smallest absolute Gasteiger partial charge is 0.183 e. The summed E-state index contributed by atoms with van der Waals surface area (Å²) in [7, 11) is 0. The van der Waals surface area contributed by atoms with Crippen molar-refractivity contribution in [3.8, 4) is 11.9 Å². The van der Waals surface area contributed by atoms with Crippen molar-refractivity contribution in [2.24, 2.45) is 4.99 Å². The highest BCUT2D eigenvalue weighted by atomic mass is 32.2. The average Bonchev–Trinajstić information content (AvgIpc) is 2.99. The normalized spacial score (nSPS) is 16.5. The lowest BCUT2D eigenvalue weighted by molar-refractivity contribution is 0.207. The molecule has 0 saturated heterocycles. The van der Waals surface area contributed by atoms with Crippen LogP contribution in [0.4, 0.5) is 5.69 Å². The number of aliphatic imine (C=N–C) groups is 1. The first-order valence-corrected chi connectivity index (χ1v) is 8.65. The van der Waals surface area contributed by atoms with Crippen molar-refractivity contribution in [1.82, 2.24) is 5.32 Å². The molecule has 1 aliphatic rings. The van der Waals surface area contributed by atoms with Crippen LogP contribution in [0.15, 0.2) is 53.5 Å². The van der Waals surface area contributed by atoms with E-state index in [4.69, 9.17) is 10.00 Å². The van der Waals surface area contributed by atoms with Gasteiger partial charge in [-0.1, -0.05) is 36.0 Å². The summed E-state index contributed by atoms with van der Waals surface area (Å²) in [5.74, 6) is 0.838. The molecule has 0 aromatic heterocycles. The van der Waals surface area contributed by atoms with E-state index in [2.05, 4.69) is 34.6 Å². The van der Waals surface area contributed by atoms with Gasteiger partial charge in [-0.15, -0.1) is 0 Å². The largest absolute Gasteiger partial charge is 0.486 e. The molecule has 0 aliphatic heterocycles. The van der Waals surface area contributed by atoms with Gasteiger partial charge in [-0.05, 0) is 54.5 Å². The number of amidine groups is 1. The van der Waals surface area contributed by atoms with Crippen molar-refractivity contribution in [3.63, 3.8) is 0 Å². The fraction of sp³-hybridized carbons (Fsp3) is 0.222. The Kier molecular flexibility index (Phi) is 4.84. The van der Waals surface area contributed by atoms with E-state index < -0.39 is 0 Å². The molecule has 23 heavy (non-hydrogen) atoms. The van der Waals surface area contributed by atoms with Crippen LogP contribution in [0.25, 0.3) is 0 Å². The second-order valence-corrected chi connectivity index (χ2v) is 5.99. The van der Waals surface area contributed by atoms with Gasteiger partial charge in [-0.2, -0.15) is 5.26 Å². The van der Waals surface area contributed by atoms with Crippen LogP contribution in [0.1, 0.15) is 23.7 Å². The lowest BCUT2D eigenvalue weighted by Crippen LogP contribution is -2.12. The Bertz CT molecular complexity index is 750. The molecule has 1 unspecified atom stereocenters. The number of nitrogens with one attached hydrogen (secondary N) is 1. The Hall–Kier alpha value is -2.45. The number of hydrogen-bond acceptors (Lipinski definition) is 4. The standard InChI is InChI=1S/C18H17N3OS/c1-23-18(20-12-19)21-14-7-9-15(10-8-14)22-17-11-6-13-4-2-3-5-16(13)17/h2-5,7-10,17H,6,11H2,1H3,(H,20,21). The molecule has 0 radical (unpaired) electrons. The number of nitrogens with zero attached hydrogens (tertiary/aromatic N) is 2. The van der Waals surface area contributed by atoms with Crippen molar-refractivity contribution in [3.05, 3.63) is 59.7 Å². The van der Waals surface area contributed by atoms with Gasteiger partial charge in [0.2, 0.25) is 0 Å². The van der Waals surface area contributed by atoms with E-state index in [9.17, 15) is 0 Å². The van der Waals surface area contributed by atoms with E-state index in [1.807, 2.05) is 36.7 Å². The molecule has 0 saturated carbocycles. The monoisotopic (exact) mass is 323 g/mol. The number of hydrogen-bond donors (Lipinski definition) is 1. The van der Waals surface area contributed by atoms with Gasteiger partial charge in [0.15, 0.2) is 11.4 Å². The van der Waals surface area contributed by atoms with E-state index in [1.165, 1.54) is 22.9 Å². The number of aryl methyl sites for hydroxylation is 1. The number of ether oxygens (including phenoxy) is 1. The topological polar surface area (TPSA) is 57.4 Å². The lowest BCUT2D eigenvalue weighted by atomic mass is 10.1. The van der Waals surface area contributed by atoms with Gasteiger partial charge in [-0.25, -0.2) is 4.99 Å². The van der Waals surface area contributed by atoms with Crippen molar-refractivity contribution >= 4 is 22.6 Å². The Morgan fingerprint density at radius 1 is 1.26 bits per heavy atom. The van der Waals surface area contributed by atoms with Gasteiger partial charge in [0, 0.05) is 0 Å². The molecule has 0 amide bonds. The third-order valence-electron chi connectivity index (χ3n) is 3.78. The maximum absolute atomic E-state index is 8.65. The number of thioether (sulfide) groups is 1. The van der Waals surface area contributed by atoms with Crippen molar-refractivity contribution < 1.29 is 4.74 Å². The number of benzene rings is 2. The molecule has 0 spiro atoms. The highest BCUT2D eigenvalue weighted by molar-refractivity contribution is 8.13. The first-order chi connectivity index (χ1) is 11.3. The Morgan fingerprint density at radius 2 is 2.04 bits per heavy atom. The van der Waals surface area contributed by atoms with Crippen LogP contribution < -0.4 is 10.1 Å². The predicted molar refractivity (Wildman–Crippen MR) is 93.9 cm³/mol. The van der Waals surface area contributed by atoms with E-state index >= 15 is 0 Å². The van der Waals surface area contributed by atoms with E-state index in [-0.39, 0.29) is 6.10 Å². The van der Waals surface area contributed by atoms with Crippen LogP contribution in [-0.4, -0.2) is 11.4 Å². The minimum absolute atomic E-state index is 0.127. The summed E-state index contributed by atoms with van der Waals surface area (Å²) in [6.45, 7) is 0. The molecule has 2 aromatic rings. The van der Waals surface area contributed by atoms with Gasteiger partial charge in [0.1, 0.15) is 11.9 Å². The lowest BCUT2D eigenvalue weighted by Gasteiger charge is -2.15. The molecule has 116 valence electrons. The number of rotatable bonds is 3. The van der Waals surface area contributed by atoms with Crippen molar-refractivity contribution in [2.75, 3.05) is 6.26 Å². The number of fused-ring (bicyclic) bond motifs is 1. The van der Waals surface area contributed by atoms with E-state index in [1.54, 1.807) is 0 Å². The molecule has 0 heterocycles. The van der Waals surface area contributed by atoms with Crippen LogP contribution in [0.3, 0.4) is 0 Å². The zero-order valence-electron chi connectivity index (χ0n) is 12.8. The Labute approximate surface area is 140 Å². The van der Waals surface area contributed by atoms with Gasteiger partial charge in [0.05, 0.1) is 5.69 Å². The quantitative estimate of drug-likeness (QED) is 0.398. The Balaban J connectivity index is 1.70. The van der Waals surface area contributed by atoms with Crippen LogP contribution in [0, 0.1) is 11.5 Å². The fourth-order valence-corrected chi connectivity index (χ4v) is 3.04. The first kappa shape index (κ1) is 15.4. The minimum Gasteiger partial charge on any atom is -0.486 e. The molecule has 1 aliphatic carbocycles.